The Hall–Kier alpha value is -2.54. The summed E-state index contributed by atoms with van der Waals surface area (Å²) in [6.07, 6.45) is 2.81. The highest BCUT2D eigenvalue weighted by molar-refractivity contribution is 5.91. The molecule has 2 aromatic rings. The topological polar surface area (TPSA) is 82.1 Å². The first-order valence-electron chi connectivity index (χ1n) is 7.69. The van der Waals surface area contributed by atoms with Crippen molar-refractivity contribution in [2.24, 2.45) is 0 Å². The first kappa shape index (κ1) is 16.3. The van der Waals surface area contributed by atoms with Crippen LogP contribution in [-0.4, -0.2) is 31.6 Å². The lowest BCUT2D eigenvalue weighted by molar-refractivity contribution is 0.0680. The summed E-state index contributed by atoms with van der Waals surface area (Å²) in [5.74, 6) is 1.16. The highest BCUT2D eigenvalue weighted by Crippen LogP contribution is 2.34. The number of methoxy groups -OCH3 is 2. The molecule has 3 heterocycles. The van der Waals surface area contributed by atoms with Crippen LogP contribution in [0.15, 0.2) is 38.1 Å². The summed E-state index contributed by atoms with van der Waals surface area (Å²) in [5, 5.41) is 0. The van der Waals surface area contributed by atoms with Gasteiger partial charge in [-0.25, -0.2) is 0 Å². The van der Waals surface area contributed by atoms with E-state index in [4.69, 9.17) is 18.3 Å². The fraction of sp³-hybridized carbons (Fsp3) is 0.412. The van der Waals surface area contributed by atoms with E-state index in [9.17, 15) is 9.59 Å². The van der Waals surface area contributed by atoms with Crippen molar-refractivity contribution in [1.82, 2.24) is 4.90 Å². The number of carbonyl (C=O) groups is 1. The molecular formula is C17H19NO6. The lowest BCUT2D eigenvalue weighted by Crippen LogP contribution is -2.31. The van der Waals surface area contributed by atoms with Crippen LogP contribution in [0.4, 0.5) is 0 Å². The Morgan fingerprint density at radius 2 is 2.21 bits per heavy atom. The van der Waals surface area contributed by atoms with Crippen molar-refractivity contribution in [1.29, 1.82) is 0 Å². The summed E-state index contributed by atoms with van der Waals surface area (Å²) in [6.45, 7) is 0.966. The Balaban J connectivity index is 1.82. The first-order chi connectivity index (χ1) is 11.6. The van der Waals surface area contributed by atoms with Gasteiger partial charge in [-0.1, -0.05) is 0 Å². The van der Waals surface area contributed by atoms with Gasteiger partial charge in [-0.3, -0.25) is 9.59 Å². The van der Waals surface area contributed by atoms with E-state index < -0.39 is 0 Å². The third-order valence-corrected chi connectivity index (χ3v) is 4.04. The molecule has 1 saturated heterocycles. The molecule has 0 aromatic carbocycles. The third kappa shape index (κ3) is 3.07. The number of ether oxygens (including phenoxy) is 2. The Morgan fingerprint density at radius 3 is 2.92 bits per heavy atom. The minimum atomic E-state index is -0.386. The van der Waals surface area contributed by atoms with Gasteiger partial charge in [0.25, 0.3) is 5.91 Å². The monoisotopic (exact) mass is 333 g/mol. The largest absolute Gasteiger partial charge is 0.490 e. The number of furan rings is 1. The van der Waals surface area contributed by atoms with E-state index in [0.717, 1.165) is 25.2 Å². The Kier molecular flexibility index (Phi) is 4.71. The van der Waals surface area contributed by atoms with Crippen molar-refractivity contribution < 1.29 is 23.1 Å². The minimum absolute atomic E-state index is 0.00336. The summed E-state index contributed by atoms with van der Waals surface area (Å²) in [7, 11) is 2.97. The highest BCUT2D eigenvalue weighted by Gasteiger charge is 2.34. The smallest absolute Gasteiger partial charge is 0.290 e. The van der Waals surface area contributed by atoms with E-state index in [-0.39, 0.29) is 28.9 Å². The fourth-order valence-electron chi connectivity index (χ4n) is 2.90. The molecule has 7 heteroatoms. The number of amides is 1. The molecule has 1 aliphatic heterocycles. The average Bonchev–Trinajstić information content (AvgIpc) is 3.23. The van der Waals surface area contributed by atoms with Crippen LogP contribution >= 0.6 is 0 Å². The SMILES string of the molecule is COCc1ccc(C2CCCN2C(=O)c2cc(=O)c(OC)co2)o1. The lowest BCUT2D eigenvalue weighted by atomic mass is 10.1. The maximum Gasteiger partial charge on any atom is 0.290 e. The molecule has 0 N–H and O–H groups in total. The van der Waals surface area contributed by atoms with Gasteiger partial charge in [0.1, 0.15) is 24.4 Å². The third-order valence-electron chi connectivity index (χ3n) is 4.04. The Bertz CT molecular complexity index is 777. The van der Waals surface area contributed by atoms with E-state index in [0.29, 0.717) is 24.7 Å². The molecule has 0 saturated carbocycles. The van der Waals surface area contributed by atoms with Gasteiger partial charge in [-0.2, -0.15) is 0 Å². The second-order valence-corrected chi connectivity index (χ2v) is 5.57. The van der Waals surface area contributed by atoms with Crippen LogP contribution < -0.4 is 10.2 Å². The molecule has 24 heavy (non-hydrogen) atoms. The van der Waals surface area contributed by atoms with Crippen molar-refractivity contribution in [3.63, 3.8) is 0 Å². The quantitative estimate of drug-likeness (QED) is 0.835. The van der Waals surface area contributed by atoms with Crippen LogP contribution in [0.5, 0.6) is 5.75 Å². The van der Waals surface area contributed by atoms with Gasteiger partial charge in [-0.05, 0) is 25.0 Å². The molecular weight excluding hydrogens is 314 g/mol. The summed E-state index contributed by atoms with van der Waals surface area (Å²) in [4.78, 5) is 26.2. The van der Waals surface area contributed by atoms with Crippen molar-refractivity contribution >= 4 is 5.91 Å². The molecule has 3 rings (SSSR count). The molecule has 1 atom stereocenters. The Labute approximate surface area is 138 Å². The van der Waals surface area contributed by atoms with Crippen LogP contribution in [0.25, 0.3) is 0 Å². The van der Waals surface area contributed by atoms with Crippen molar-refractivity contribution in [3.8, 4) is 5.75 Å². The van der Waals surface area contributed by atoms with Gasteiger partial charge in [0.2, 0.25) is 11.2 Å². The maximum atomic E-state index is 12.7. The van der Waals surface area contributed by atoms with E-state index in [2.05, 4.69) is 0 Å². The molecule has 1 aliphatic rings. The summed E-state index contributed by atoms with van der Waals surface area (Å²) < 4.78 is 20.9. The molecule has 0 spiro atoms. The fourth-order valence-corrected chi connectivity index (χ4v) is 2.90. The lowest BCUT2D eigenvalue weighted by Gasteiger charge is -2.22. The second kappa shape index (κ2) is 6.92. The molecule has 7 nitrogen and oxygen atoms in total. The molecule has 0 bridgehead atoms. The summed E-state index contributed by atoms with van der Waals surface area (Å²) in [6, 6.07) is 4.69. The predicted molar refractivity (Wildman–Crippen MR) is 84.0 cm³/mol. The van der Waals surface area contributed by atoms with Crippen LogP contribution in [0.2, 0.25) is 0 Å². The number of carbonyl (C=O) groups excluding carboxylic acids is 1. The molecule has 128 valence electrons. The van der Waals surface area contributed by atoms with Crippen LogP contribution in [0.1, 0.15) is 41.0 Å². The van der Waals surface area contributed by atoms with Gasteiger partial charge in [-0.15, -0.1) is 0 Å². The summed E-state index contributed by atoms with van der Waals surface area (Å²) in [5.41, 5.74) is -0.386. The van der Waals surface area contributed by atoms with Gasteiger partial charge >= 0.3 is 0 Å². The number of hydrogen-bond acceptors (Lipinski definition) is 6. The number of nitrogens with zero attached hydrogens (tertiary/aromatic N) is 1. The van der Waals surface area contributed by atoms with E-state index in [1.807, 2.05) is 12.1 Å². The van der Waals surface area contributed by atoms with Gasteiger partial charge in [0, 0.05) is 19.7 Å². The van der Waals surface area contributed by atoms with Gasteiger partial charge < -0.3 is 23.2 Å². The second-order valence-electron chi connectivity index (χ2n) is 5.57. The van der Waals surface area contributed by atoms with Gasteiger partial charge in [0.05, 0.1) is 13.2 Å². The maximum absolute atomic E-state index is 12.7. The Morgan fingerprint density at radius 1 is 1.38 bits per heavy atom. The van der Waals surface area contributed by atoms with E-state index >= 15 is 0 Å². The van der Waals surface area contributed by atoms with Crippen molar-refractivity contribution in [3.05, 3.63) is 52.0 Å². The standard InChI is InChI=1S/C17H19NO6/c1-21-9-11-5-6-14(24-11)12-4-3-7-18(12)17(20)15-8-13(19)16(22-2)10-23-15/h5-6,8,10,12H,3-4,7,9H2,1-2H3. The zero-order chi connectivity index (χ0) is 17.1. The molecule has 1 unspecified atom stereocenters. The van der Waals surface area contributed by atoms with Crippen LogP contribution in [-0.2, 0) is 11.3 Å². The van der Waals surface area contributed by atoms with Crippen molar-refractivity contribution in [2.45, 2.75) is 25.5 Å². The average molecular weight is 333 g/mol. The van der Waals surface area contributed by atoms with Gasteiger partial charge in [0.15, 0.2) is 5.76 Å². The molecule has 2 aromatic heterocycles. The predicted octanol–water partition coefficient (Wildman–Crippen LogP) is 2.37. The molecule has 0 aliphatic carbocycles. The number of rotatable bonds is 5. The van der Waals surface area contributed by atoms with Crippen molar-refractivity contribution in [2.75, 3.05) is 20.8 Å². The molecule has 0 radical (unpaired) electrons. The zero-order valence-corrected chi connectivity index (χ0v) is 13.6. The minimum Gasteiger partial charge on any atom is -0.490 e. The molecule has 1 fully saturated rings. The normalized spacial score (nSPS) is 17.2. The van der Waals surface area contributed by atoms with E-state index in [1.165, 1.54) is 7.11 Å². The first-order valence-corrected chi connectivity index (χ1v) is 7.69. The summed E-state index contributed by atoms with van der Waals surface area (Å²) >= 11 is 0. The number of likely N-dealkylation sites (tertiary alicyclic amines) is 1. The number of hydrogen-bond donors (Lipinski definition) is 0. The van der Waals surface area contributed by atoms with Crippen LogP contribution in [0, 0.1) is 0 Å². The van der Waals surface area contributed by atoms with Crippen LogP contribution in [0.3, 0.4) is 0 Å². The molecule has 1 amide bonds. The zero-order valence-electron chi connectivity index (χ0n) is 13.6. The highest BCUT2D eigenvalue weighted by atomic mass is 16.5. The van der Waals surface area contributed by atoms with E-state index in [1.54, 1.807) is 12.0 Å².